The fourth-order valence-corrected chi connectivity index (χ4v) is 3.81. The van der Waals surface area contributed by atoms with E-state index in [9.17, 15) is 13.2 Å². The van der Waals surface area contributed by atoms with Crippen LogP contribution >= 0.6 is 0 Å². The van der Waals surface area contributed by atoms with Crippen LogP contribution in [-0.2, 0) is 6.42 Å². The molecule has 2 aliphatic rings. The highest BCUT2D eigenvalue weighted by Gasteiger charge is 2.33. The molecule has 2 aromatic rings. The van der Waals surface area contributed by atoms with Gasteiger partial charge in [-0.15, -0.1) is 13.2 Å². The van der Waals surface area contributed by atoms with Crippen LogP contribution in [0.3, 0.4) is 0 Å². The van der Waals surface area contributed by atoms with Gasteiger partial charge in [0.2, 0.25) is 0 Å². The molecule has 0 spiro atoms. The maximum absolute atomic E-state index is 12.7. The number of rotatable bonds is 2. The summed E-state index contributed by atoms with van der Waals surface area (Å²) in [5.74, 6) is -0.165. The van der Waals surface area contributed by atoms with Crippen molar-refractivity contribution < 1.29 is 17.9 Å². The second-order valence-electron chi connectivity index (χ2n) is 6.48. The third kappa shape index (κ3) is 3.31. The van der Waals surface area contributed by atoms with Gasteiger partial charge in [-0.25, -0.2) is 0 Å². The van der Waals surface area contributed by atoms with E-state index in [2.05, 4.69) is 15.0 Å². The predicted molar refractivity (Wildman–Crippen MR) is 90.9 cm³/mol. The van der Waals surface area contributed by atoms with Gasteiger partial charge in [0.1, 0.15) is 5.75 Å². The summed E-state index contributed by atoms with van der Waals surface area (Å²) in [6.07, 6.45) is -2.62. The summed E-state index contributed by atoms with van der Waals surface area (Å²) in [6, 6.07) is 12.7. The quantitative estimate of drug-likeness (QED) is 0.889. The lowest BCUT2D eigenvalue weighted by Crippen LogP contribution is -2.32. The highest BCUT2D eigenvalue weighted by molar-refractivity contribution is 5.76. The predicted octanol–water partition coefficient (Wildman–Crippen LogP) is 3.98. The average Bonchev–Trinajstić information content (AvgIpc) is 2.74. The summed E-state index contributed by atoms with van der Waals surface area (Å²) < 4.78 is 42.3. The van der Waals surface area contributed by atoms with E-state index < -0.39 is 6.36 Å². The largest absolute Gasteiger partial charge is 0.573 e. The normalized spacial score (nSPS) is 20.0. The van der Waals surface area contributed by atoms with Crippen molar-refractivity contribution >= 4 is 5.69 Å². The Hall–Kier alpha value is -2.21. The molecule has 1 unspecified atom stereocenters. The van der Waals surface area contributed by atoms with Crippen LogP contribution in [-0.4, -0.2) is 32.0 Å². The van der Waals surface area contributed by atoms with Crippen LogP contribution in [0.4, 0.5) is 18.9 Å². The van der Waals surface area contributed by atoms with Crippen molar-refractivity contribution in [1.29, 1.82) is 0 Å². The monoisotopic (exact) mass is 348 g/mol. The number of ether oxygens (including phenoxy) is 1. The zero-order valence-electron chi connectivity index (χ0n) is 13.6. The molecule has 2 aliphatic heterocycles. The van der Waals surface area contributed by atoms with Gasteiger partial charge in [0.05, 0.1) is 0 Å². The molecular weight excluding hydrogens is 329 g/mol. The Morgan fingerprint density at radius 2 is 1.92 bits per heavy atom. The number of nitrogens with zero attached hydrogens (tertiary/aromatic N) is 1. The van der Waals surface area contributed by atoms with Crippen LogP contribution in [0.1, 0.15) is 12.0 Å². The van der Waals surface area contributed by atoms with Gasteiger partial charge in [0.15, 0.2) is 0 Å². The zero-order valence-corrected chi connectivity index (χ0v) is 13.6. The highest BCUT2D eigenvalue weighted by Crippen LogP contribution is 2.40. The van der Waals surface area contributed by atoms with E-state index in [1.807, 2.05) is 18.2 Å². The fraction of sp³-hybridized carbons (Fsp3) is 0.368. The first kappa shape index (κ1) is 16.3. The van der Waals surface area contributed by atoms with Crippen molar-refractivity contribution in [3.63, 3.8) is 0 Å². The first-order chi connectivity index (χ1) is 12.0. The third-order valence-electron chi connectivity index (χ3n) is 4.90. The molecule has 1 atom stereocenters. The molecule has 6 heteroatoms. The second-order valence-corrected chi connectivity index (χ2v) is 6.48. The number of para-hydroxylation sites is 1. The van der Waals surface area contributed by atoms with Gasteiger partial charge in [-0.3, -0.25) is 0 Å². The molecule has 4 rings (SSSR count). The molecule has 2 aromatic carbocycles. The van der Waals surface area contributed by atoms with Gasteiger partial charge < -0.3 is 15.0 Å². The van der Waals surface area contributed by atoms with Gasteiger partial charge in [0, 0.05) is 30.4 Å². The lowest BCUT2D eigenvalue weighted by Gasteiger charge is -2.25. The van der Waals surface area contributed by atoms with E-state index >= 15 is 0 Å². The topological polar surface area (TPSA) is 24.5 Å². The Morgan fingerprint density at radius 1 is 1.08 bits per heavy atom. The van der Waals surface area contributed by atoms with Crippen molar-refractivity contribution in [2.75, 3.05) is 24.5 Å². The molecule has 1 fully saturated rings. The van der Waals surface area contributed by atoms with Crippen LogP contribution in [0.5, 0.6) is 5.75 Å². The van der Waals surface area contributed by atoms with Crippen molar-refractivity contribution in [2.24, 2.45) is 0 Å². The number of benzene rings is 2. The minimum Gasteiger partial charge on any atom is -0.405 e. The summed E-state index contributed by atoms with van der Waals surface area (Å²) in [6.45, 7) is 2.85. The van der Waals surface area contributed by atoms with Gasteiger partial charge in [-0.1, -0.05) is 30.3 Å². The molecule has 2 heterocycles. The van der Waals surface area contributed by atoms with Crippen molar-refractivity contribution in [2.45, 2.75) is 25.2 Å². The number of halogens is 3. The first-order valence-corrected chi connectivity index (χ1v) is 8.47. The molecule has 0 aromatic heterocycles. The van der Waals surface area contributed by atoms with E-state index in [-0.39, 0.29) is 5.75 Å². The van der Waals surface area contributed by atoms with Crippen LogP contribution in [0.25, 0.3) is 11.1 Å². The molecule has 0 bridgehead atoms. The molecule has 25 heavy (non-hydrogen) atoms. The Morgan fingerprint density at radius 3 is 2.76 bits per heavy atom. The number of hydrogen-bond donors (Lipinski definition) is 1. The molecular formula is C19H19F3N2O. The van der Waals surface area contributed by atoms with Crippen LogP contribution in [0, 0.1) is 0 Å². The van der Waals surface area contributed by atoms with E-state index in [0.29, 0.717) is 11.6 Å². The first-order valence-electron chi connectivity index (χ1n) is 8.47. The summed E-state index contributed by atoms with van der Waals surface area (Å²) in [7, 11) is 0. The maximum atomic E-state index is 12.7. The Labute approximate surface area is 144 Å². The number of hydrogen-bond acceptors (Lipinski definition) is 3. The molecule has 3 nitrogen and oxygen atoms in total. The van der Waals surface area contributed by atoms with Crippen molar-refractivity contribution in [3.05, 3.63) is 48.0 Å². The molecule has 0 aliphatic carbocycles. The van der Waals surface area contributed by atoms with Gasteiger partial charge >= 0.3 is 6.36 Å². The Kier molecular flexibility index (Phi) is 4.07. The van der Waals surface area contributed by atoms with Gasteiger partial charge in [-0.05, 0) is 42.6 Å². The van der Waals surface area contributed by atoms with Crippen molar-refractivity contribution in [3.8, 4) is 16.9 Å². The minimum atomic E-state index is -4.70. The summed E-state index contributed by atoms with van der Waals surface area (Å²) in [4.78, 5) is 2.38. The lowest BCUT2D eigenvalue weighted by atomic mass is 10.0. The molecule has 132 valence electrons. The van der Waals surface area contributed by atoms with Gasteiger partial charge in [0.25, 0.3) is 0 Å². The molecule has 1 saturated heterocycles. The van der Waals surface area contributed by atoms with E-state index in [0.717, 1.165) is 43.7 Å². The zero-order chi connectivity index (χ0) is 17.4. The van der Waals surface area contributed by atoms with E-state index in [1.54, 1.807) is 18.2 Å². The Balaban J connectivity index is 1.71. The average molecular weight is 348 g/mol. The number of alkyl halides is 3. The summed E-state index contributed by atoms with van der Waals surface area (Å²) in [5.41, 5.74) is 3.60. The van der Waals surface area contributed by atoms with Crippen LogP contribution in [0.2, 0.25) is 0 Å². The van der Waals surface area contributed by atoms with Crippen LogP contribution < -0.4 is 15.0 Å². The van der Waals surface area contributed by atoms with Crippen molar-refractivity contribution in [1.82, 2.24) is 5.32 Å². The van der Waals surface area contributed by atoms with E-state index in [4.69, 9.17) is 0 Å². The molecule has 0 saturated carbocycles. The highest BCUT2D eigenvalue weighted by atomic mass is 19.4. The number of fused-ring (bicyclic) bond motifs is 3. The number of nitrogens with one attached hydrogen (secondary N) is 1. The minimum absolute atomic E-state index is 0.165. The van der Waals surface area contributed by atoms with E-state index in [1.165, 1.54) is 11.6 Å². The second kappa shape index (κ2) is 6.26. The third-order valence-corrected chi connectivity index (χ3v) is 4.90. The summed E-state index contributed by atoms with van der Waals surface area (Å²) in [5, 5.41) is 3.40. The summed E-state index contributed by atoms with van der Waals surface area (Å²) >= 11 is 0. The Bertz CT molecular complexity index is 776. The molecule has 1 N–H and O–H groups in total. The van der Waals surface area contributed by atoms with Gasteiger partial charge in [-0.2, -0.15) is 0 Å². The lowest BCUT2D eigenvalue weighted by molar-refractivity contribution is -0.274. The fourth-order valence-electron chi connectivity index (χ4n) is 3.81. The molecule has 0 radical (unpaired) electrons. The SMILES string of the molecule is FC(F)(F)Oc1ccccc1-c1ccc2c(c1)N1CCNCCC1C2. The van der Waals surface area contributed by atoms with Crippen LogP contribution in [0.15, 0.2) is 42.5 Å². The smallest absolute Gasteiger partial charge is 0.405 e. The number of anilines is 1. The standard InChI is InChI=1S/C19H19F3N2O/c20-19(21,22)25-18-4-2-1-3-16(18)13-5-6-14-11-15-7-8-23-9-10-24(15)17(14)12-13/h1-6,12,15,23H,7-11H2. The molecule has 0 amide bonds. The maximum Gasteiger partial charge on any atom is 0.573 e.